The fourth-order valence-electron chi connectivity index (χ4n) is 3.87. The zero-order valence-corrected chi connectivity index (χ0v) is 18.8. The molecule has 8 nitrogen and oxygen atoms in total. The number of ether oxygens (including phenoxy) is 1. The van der Waals surface area contributed by atoms with E-state index < -0.39 is 24.2 Å². The van der Waals surface area contributed by atoms with Crippen molar-refractivity contribution in [3.63, 3.8) is 0 Å². The largest absolute Gasteiger partial charge is 0.497 e. The third kappa shape index (κ3) is 4.50. The summed E-state index contributed by atoms with van der Waals surface area (Å²) in [5.74, 6) is -0.129. The van der Waals surface area contributed by atoms with E-state index in [1.807, 2.05) is 0 Å². The summed E-state index contributed by atoms with van der Waals surface area (Å²) in [6, 6.07) is 4.10. The molecule has 1 aliphatic rings. The SMILES string of the molecule is COc1ccc([C@H]2C[C@H](C(F)(F)F)n3nc(C(=O)NCc4cn(C)nc4C)c(Cl)c3N2)cc1. The molecule has 3 aromatic rings. The van der Waals surface area contributed by atoms with Crippen molar-refractivity contribution < 1.29 is 22.7 Å². The lowest BCUT2D eigenvalue weighted by molar-refractivity contribution is -0.173. The number of methoxy groups -OCH3 is 1. The number of aryl methyl sites for hydroxylation is 2. The third-order valence-corrected chi connectivity index (χ3v) is 5.94. The van der Waals surface area contributed by atoms with E-state index in [1.165, 1.54) is 7.11 Å². The van der Waals surface area contributed by atoms with E-state index in [-0.39, 0.29) is 29.5 Å². The normalized spacial score (nSPS) is 17.9. The predicted octanol–water partition coefficient (Wildman–Crippen LogP) is 4.18. The minimum Gasteiger partial charge on any atom is -0.497 e. The highest BCUT2D eigenvalue weighted by Crippen LogP contribution is 2.46. The van der Waals surface area contributed by atoms with Gasteiger partial charge in [-0.3, -0.25) is 9.48 Å². The van der Waals surface area contributed by atoms with Crippen LogP contribution in [-0.4, -0.2) is 38.8 Å². The number of anilines is 1. The molecule has 176 valence electrons. The highest BCUT2D eigenvalue weighted by molar-refractivity contribution is 6.36. The average Bonchev–Trinajstić information content (AvgIpc) is 3.28. The van der Waals surface area contributed by atoms with Crippen LogP contribution in [-0.2, 0) is 13.6 Å². The molecule has 0 saturated heterocycles. The number of fused-ring (bicyclic) bond motifs is 1. The lowest BCUT2D eigenvalue weighted by atomic mass is 9.97. The average molecular weight is 483 g/mol. The lowest BCUT2D eigenvalue weighted by Gasteiger charge is -2.33. The van der Waals surface area contributed by atoms with E-state index in [0.29, 0.717) is 11.3 Å². The van der Waals surface area contributed by atoms with Crippen molar-refractivity contribution in [2.24, 2.45) is 7.05 Å². The zero-order valence-electron chi connectivity index (χ0n) is 18.1. The maximum Gasteiger partial charge on any atom is 0.410 e. The number of benzene rings is 1. The van der Waals surface area contributed by atoms with Gasteiger partial charge in [0.1, 0.15) is 16.6 Å². The Kier molecular flexibility index (Phi) is 6.00. The second-order valence-electron chi connectivity index (χ2n) is 7.82. The number of alkyl halides is 3. The topological polar surface area (TPSA) is 86.0 Å². The van der Waals surface area contributed by atoms with Gasteiger partial charge in [-0.1, -0.05) is 23.7 Å². The Labute approximate surface area is 192 Å². The highest BCUT2D eigenvalue weighted by Gasteiger charge is 2.47. The van der Waals surface area contributed by atoms with Crippen LogP contribution in [0.2, 0.25) is 5.02 Å². The van der Waals surface area contributed by atoms with E-state index in [2.05, 4.69) is 20.8 Å². The summed E-state index contributed by atoms with van der Waals surface area (Å²) in [6.45, 7) is 1.93. The molecule has 0 unspecified atom stereocenters. The van der Waals surface area contributed by atoms with Crippen molar-refractivity contribution >= 4 is 23.3 Å². The molecule has 0 saturated carbocycles. The fraction of sp³-hybridized carbons (Fsp3) is 0.381. The summed E-state index contributed by atoms with van der Waals surface area (Å²) in [5.41, 5.74) is 1.86. The van der Waals surface area contributed by atoms with Crippen molar-refractivity contribution in [2.75, 3.05) is 12.4 Å². The predicted molar refractivity (Wildman–Crippen MR) is 115 cm³/mol. The van der Waals surface area contributed by atoms with Gasteiger partial charge in [0.2, 0.25) is 0 Å². The second-order valence-corrected chi connectivity index (χ2v) is 8.19. The number of carbonyl (C=O) groups is 1. The Morgan fingerprint density at radius 3 is 2.58 bits per heavy atom. The summed E-state index contributed by atoms with van der Waals surface area (Å²) < 4.78 is 49.3. The van der Waals surface area contributed by atoms with Gasteiger partial charge in [-0.25, -0.2) is 4.68 Å². The Bertz CT molecular complexity index is 1170. The molecule has 12 heteroatoms. The molecule has 3 heterocycles. The van der Waals surface area contributed by atoms with Crippen molar-refractivity contribution in [1.29, 1.82) is 0 Å². The Balaban J connectivity index is 1.62. The number of amides is 1. The van der Waals surface area contributed by atoms with E-state index >= 15 is 0 Å². The van der Waals surface area contributed by atoms with Crippen LogP contribution in [0.15, 0.2) is 30.5 Å². The number of nitrogens with zero attached hydrogens (tertiary/aromatic N) is 4. The number of nitrogens with one attached hydrogen (secondary N) is 2. The monoisotopic (exact) mass is 482 g/mol. The standard InChI is InChI=1S/C21H22ClF3N6O2/c1-11-13(10-30(2)28-11)9-26-20(32)18-17(22)19-27-15(12-4-6-14(33-3)7-5-12)8-16(21(23,24)25)31(19)29-18/h4-7,10,15-16,27H,8-9H2,1-3H3,(H,26,32)/t15-,16-/m1/s1. The molecule has 2 aromatic heterocycles. The van der Waals surface area contributed by atoms with Crippen LogP contribution in [0.4, 0.5) is 19.0 Å². The fourth-order valence-corrected chi connectivity index (χ4v) is 4.14. The van der Waals surface area contributed by atoms with Gasteiger partial charge in [-0.15, -0.1) is 0 Å². The van der Waals surface area contributed by atoms with Crippen LogP contribution in [0.25, 0.3) is 0 Å². The summed E-state index contributed by atoms with van der Waals surface area (Å²) >= 11 is 6.36. The first-order valence-electron chi connectivity index (χ1n) is 10.1. The molecule has 2 N–H and O–H groups in total. The van der Waals surface area contributed by atoms with Crippen LogP contribution in [0.1, 0.15) is 45.8 Å². The van der Waals surface area contributed by atoms with Crippen LogP contribution < -0.4 is 15.4 Å². The maximum absolute atomic E-state index is 13.9. The maximum atomic E-state index is 13.9. The molecule has 1 aromatic carbocycles. The molecule has 4 rings (SSSR count). The summed E-state index contributed by atoms with van der Waals surface area (Å²) in [4.78, 5) is 12.7. The minimum atomic E-state index is -4.59. The van der Waals surface area contributed by atoms with Crippen LogP contribution in [0, 0.1) is 6.92 Å². The van der Waals surface area contributed by atoms with E-state index in [9.17, 15) is 18.0 Å². The zero-order chi connectivity index (χ0) is 23.9. The summed E-state index contributed by atoms with van der Waals surface area (Å²) in [5, 5.41) is 13.6. The first-order chi connectivity index (χ1) is 15.6. The van der Waals surface area contributed by atoms with Crippen LogP contribution in [0.3, 0.4) is 0 Å². The lowest BCUT2D eigenvalue weighted by Crippen LogP contribution is -2.35. The molecule has 0 radical (unpaired) electrons. The number of hydrogen-bond donors (Lipinski definition) is 2. The number of rotatable bonds is 5. The third-order valence-electron chi connectivity index (χ3n) is 5.58. The van der Waals surface area contributed by atoms with Crippen molar-refractivity contribution in [2.45, 2.75) is 38.1 Å². The van der Waals surface area contributed by atoms with Crippen molar-refractivity contribution in [3.05, 3.63) is 58.0 Å². The Morgan fingerprint density at radius 1 is 1.30 bits per heavy atom. The highest BCUT2D eigenvalue weighted by atomic mass is 35.5. The van der Waals surface area contributed by atoms with Gasteiger partial charge in [0, 0.05) is 31.8 Å². The van der Waals surface area contributed by atoms with Gasteiger partial charge in [0.25, 0.3) is 5.91 Å². The van der Waals surface area contributed by atoms with Crippen molar-refractivity contribution in [3.8, 4) is 5.75 Å². The Hall–Kier alpha value is -3.21. The molecule has 0 bridgehead atoms. The molecule has 1 aliphatic heterocycles. The summed E-state index contributed by atoms with van der Waals surface area (Å²) in [7, 11) is 3.26. The van der Waals surface area contributed by atoms with Gasteiger partial charge < -0.3 is 15.4 Å². The van der Waals surface area contributed by atoms with E-state index in [0.717, 1.165) is 15.9 Å². The molecule has 2 atom stereocenters. The summed E-state index contributed by atoms with van der Waals surface area (Å²) in [6.07, 6.45) is -3.15. The number of carbonyl (C=O) groups excluding carboxylic acids is 1. The van der Waals surface area contributed by atoms with Gasteiger partial charge in [0.15, 0.2) is 11.7 Å². The van der Waals surface area contributed by atoms with E-state index in [1.54, 1.807) is 49.1 Å². The van der Waals surface area contributed by atoms with Crippen LogP contribution >= 0.6 is 11.6 Å². The van der Waals surface area contributed by atoms with Gasteiger partial charge >= 0.3 is 6.18 Å². The number of halogens is 4. The van der Waals surface area contributed by atoms with Gasteiger partial charge in [-0.2, -0.15) is 23.4 Å². The molecule has 0 fully saturated rings. The molecule has 33 heavy (non-hydrogen) atoms. The van der Waals surface area contributed by atoms with Crippen LogP contribution in [0.5, 0.6) is 5.75 Å². The molecule has 0 aliphatic carbocycles. The molecule has 0 spiro atoms. The quantitative estimate of drug-likeness (QED) is 0.570. The Morgan fingerprint density at radius 2 is 2.00 bits per heavy atom. The molecule has 1 amide bonds. The van der Waals surface area contributed by atoms with Gasteiger partial charge in [0.05, 0.1) is 18.8 Å². The second kappa shape index (κ2) is 8.62. The smallest absolute Gasteiger partial charge is 0.410 e. The van der Waals surface area contributed by atoms with Gasteiger partial charge in [-0.05, 0) is 24.6 Å². The van der Waals surface area contributed by atoms with Crippen molar-refractivity contribution in [1.82, 2.24) is 24.9 Å². The first-order valence-corrected chi connectivity index (χ1v) is 10.5. The molecular weight excluding hydrogens is 461 g/mol. The minimum absolute atomic E-state index is 0.0474. The number of aromatic nitrogens is 4. The number of hydrogen-bond acceptors (Lipinski definition) is 5. The first kappa shape index (κ1) is 23.0. The molecular formula is C21H22ClF3N6O2. The van der Waals surface area contributed by atoms with E-state index in [4.69, 9.17) is 16.3 Å².